The van der Waals surface area contributed by atoms with E-state index in [-0.39, 0.29) is 11.8 Å². The fourth-order valence-electron chi connectivity index (χ4n) is 3.09. The molecule has 0 aliphatic carbocycles. The Morgan fingerprint density at radius 2 is 1.88 bits per heavy atom. The second kappa shape index (κ2) is 7.05. The Morgan fingerprint density at radius 1 is 1.16 bits per heavy atom. The lowest BCUT2D eigenvalue weighted by Crippen LogP contribution is -2.23. The lowest BCUT2D eigenvalue weighted by atomic mass is 10.0. The number of pyridine rings is 1. The number of para-hydroxylation sites is 1. The summed E-state index contributed by atoms with van der Waals surface area (Å²) >= 11 is 0. The number of amides is 1. The van der Waals surface area contributed by atoms with Crippen molar-refractivity contribution in [3.8, 4) is 5.82 Å². The van der Waals surface area contributed by atoms with Crippen LogP contribution in [0.1, 0.15) is 37.9 Å². The van der Waals surface area contributed by atoms with Crippen molar-refractivity contribution in [3.63, 3.8) is 0 Å². The summed E-state index contributed by atoms with van der Waals surface area (Å²) in [6.45, 7) is 8.04. The molecule has 25 heavy (non-hydrogen) atoms. The molecule has 0 spiro atoms. The van der Waals surface area contributed by atoms with Crippen LogP contribution < -0.4 is 5.32 Å². The van der Waals surface area contributed by atoms with E-state index in [0.29, 0.717) is 11.6 Å². The van der Waals surface area contributed by atoms with Gasteiger partial charge in [-0.15, -0.1) is 0 Å². The summed E-state index contributed by atoms with van der Waals surface area (Å²) < 4.78 is 1.72. The van der Waals surface area contributed by atoms with E-state index in [9.17, 15) is 4.79 Å². The summed E-state index contributed by atoms with van der Waals surface area (Å²) in [6, 6.07) is 11.9. The van der Waals surface area contributed by atoms with Gasteiger partial charge in [0.2, 0.25) is 5.91 Å². The Bertz CT molecular complexity index is 909. The van der Waals surface area contributed by atoms with Crippen LogP contribution in [0.15, 0.2) is 36.4 Å². The predicted octanol–water partition coefficient (Wildman–Crippen LogP) is 4.41. The third-order valence-corrected chi connectivity index (χ3v) is 4.57. The minimum Gasteiger partial charge on any atom is -0.310 e. The first kappa shape index (κ1) is 17.1. The van der Waals surface area contributed by atoms with Crippen LogP contribution in [0.25, 0.3) is 16.7 Å². The smallest absolute Gasteiger partial charge is 0.228 e. The molecular weight excluding hydrogens is 312 g/mol. The van der Waals surface area contributed by atoms with Gasteiger partial charge in [-0.3, -0.25) is 4.79 Å². The number of benzene rings is 1. The quantitative estimate of drug-likeness (QED) is 0.750. The van der Waals surface area contributed by atoms with Crippen molar-refractivity contribution in [1.29, 1.82) is 0 Å². The van der Waals surface area contributed by atoms with Gasteiger partial charge in [0.1, 0.15) is 5.82 Å². The molecule has 5 heteroatoms. The maximum absolute atomic E-state index is 12.5. The molecule has 0 aliphatic heterocycles. The van der Waals surface area contributed by atoms with Crippen LogP contribution in [0.4, 0.5) is 5.82 Å². The fourth-order valence-corrected chi connectivity index (χ4v) is 3.09. The summed E-state index contributed by atoms with van der Waals surface area (Å²) in [5.74, 6) is 1.42. The van der Waals surface area contributed by atoms with Crippen LogP contribution in [0, 0.1) is 19.8 Å². The second-order valence-corrected chi connectivity index (χ2v) is 6.40. The van der Waals surface area contributed by atoms with E-state index in [1.54, 1.807) is 4.68 Å². The van der Waals surface area contributed by atoms with E-state index in [4.69, 9.17) is 4.98 Å². The van der Waals surface area contributed by atoms with Gasteiger partial charge in [0.25, 0.3) is 0 Å². The SMILES string of the molecule is CCC(CC)C(=O)Nc1cc(C)nn1-c1cc(C)c2ccccc2n1. The first-order chi connectivity index (χ1) is 12.0. The number of anilines is 1. The first-order valence-corrected chi connectivity index (χ1v) is 8.77. The topological polar surface area (TPSA) is 59.8 Å². The largest absolute Gasteiger partial charge is 0.310 e. The summed E-state index contributed by atoms with van der Waals surface area (Å²) in [4.78, 5) is 17.2. The normalized spacial score (nSPS) is 11.2. The molecule has 0 radical (unpaired) electrons. The highest BCUT2D eigenvalue weighted by Crippen LogP contribution is 2.23. The Hall–Kier alpha value is -2.69. The van der Waals surface area contributed by atoms with Gasteiger partial charge < -0.3 is 5.32 Å². The second-order valence-electron chi connectivity index (χ2n) is 6.40. The number of aryl methyl sites for hydroxylation is 2. The standard InChI is InChI=1S/C20H24N4O/c1-5-15(6-2)20(25)22-19-12-14(4)23-24(19)18-11-13(3)16-9-7-8-10-17(16)21-18/h7-12,15H,5-6H2,1-4H3,(H,22,25). The molecule has 0 aliphatic rings. The number of hydrogen-bond acceptors (Lipinski definition) is 3. The highest BCUT2D eigenvalue weighted by molar-refractivity contribution is 5.92. The van der Waals surface area contributed by atoms with Crippen molar-refractivity contribution in [2.24, 2.45) is 5.92 Å². The number of fused-ring (bicyclic) bond motifs is 1. The summed E-state index contributed by atoms with van der Waals surface area (Å²) in [7, 11) is 0. The van der Waals surface area contributed by atoms with Gasteiger partial charge in [0, 0.05) is 17.4 Å². The molecule has 0 saturated carbocycles. The molecule has 0 atom stereocenters. The number of carbonyl (C=O) groups excluding carboxylic acids is 1. The highest BCUT2D eigenvalue weighted by Gasteiger charge is 2.18. The Kier molecular flexibility index (Phi) is 4.83. The van der Waals surface area contributed by atoms with E-state index in [0.717, 1.165) is 35.0 Å². The van der Waals surface area contributed by atoms with Crippen LogP contribution in [0.3, 0.4) is 0 Å². The van der Waals surface area contributed by atoms with E-state index in [1.165, 1.54) is 0 Å². The molecule has 0 unspecified atom stereocenters. The fraction of sp³-hybridized carbons (Fsp3) is 0.350. The van der Waals surface area contributed by atoms with Crippen molar-refractivity contribution >= 4 is 22.6 Å². The Balaban J connectivity index is 2.02. The van der Waals surface area contributed by atoms with E-state index in [1.807, 2.05) is 51.1 Å². The lowest BCUT2D eigenvalue weighted by Gasteiger charge is -2.14. The van der Waals surface area contributed by atoms with Crippen molar-refractivity contribution in [2.75, 3.05) is 5.32 Å². The molecule has 1 N–H and O–H groups in total. The third kappa shape index (κ3) is 3.40. The average Bonchev–Trinajstić information content (AvgIpc) is 2.96. The molecule has 0 bridgehead atoms. The molecule has 1 amide bonds. The number of hydrogen-bond donors (Lipinski definition) is 1. The number of nitrogens with zero attached hydrogens (tertiary/aromatic N) is 3. The summed E-state index contributed by atoms with van der Waals surface area (Å²) in [5.41, 5.74) is 2.89. The molecule has 3 aromatic rings. The monoisotopic (exact) mass is 336 g/mol. The molecular formula is C20H24N4O. The van der Waals surface area contributed by atoms with E-state index in [2.05, 4.69) is 23.4 Å². The minimum absolute atomic E-state index is 0.00922. The van der Waals surface area contributed by atoms with Crippen LogP contribution in [0.5, 0.6) is 0 Å². The van der Waals surface area contributed by atoms with Crippen molar-refractivity contribution in [1.82, 2.24) is 14.8 Å². The van der Waals surface area contributed by atoms with Gasteiger partial charge >= 0.3 is 0 Å². The maximum atomic E-state index is 12.5. The Labute approximate surface area is 148 Å². The molecule has 0 saturated heterocycles. The molecule has 1 aromatic carbocycles. The maximum Gasteiger partial charge on any atom is 0.228 e. The van der Waals surface area contributed by atoms with Crippen LogP contribution in [-0.2, 0) is 4.79 Å². The van der Waals surface area contributed by atoms with Gasteiger partial charge in [0.05, 0.1) is 11.2 Å². The summed E-state index contributed by atoms with van der Waals surface area (Å²) in [6.07, 6.45) is 1.64. The van der Waals surface area contributed by atoms with Crippen molar-refractivity contribution < 1.29 is 4.79 Å². The van der Waals surface area contributed by atoms with Gasteiger partial charge in [-0.1, -0.05) is 32.0 Å². The van der Waals surface area contributed by atoms with Gasteiger partial charge in [-0.25, -0.2) is 4.98 Å². The van der Waals surface area contributed by atoms with Gasteiger partial charge in [0.15, 0.2) is 5.82 Å². The summed E-state index contributed by atoms with van der Waals surface area (Å²) in [5, 5.41) is 8.68. The molecule has 0 fully saturated rings. The van der Waals surface area contributed by atoms with Crippen LogP contribution >= 0.6 is 0 Å². The Morgan fingerprint density at radius 3 is 2.60 bits per heavy atom. The highest BCUT2D eigenvalue weighted by atomic mass is 16.2. The van der Waals surface area contributed by atoms with Crippen molar-refractivity contribution in [2.45, 2.75) is 40.5 Å². The predicted molar refractivity (Wildman–Crippen MR) is 101 cm³/mol. The van der Waals surface area contributed by atoms with Gasteiger partial charge in [-0.05, 0) is 44.4 Å². The number of aromatic nitrogens is 3. The van der Waals surface area contributed by atoms with Crippen molar-refractivity contribution in [3.05, 3.63) is 47.7 Å². The number of rotatable bonds is 5. The average molecular weight is 336 g/mol. The first-order valence-electron chi connectivity index (χ1n) is 8.77. The number of nitrogens with one attached hydrogen (secondary N) is 1. The zero-order valence-corrected chi connectivity index (χ0v) is 15.2. The minimum atomic E-state index is 0.00922. The molecule has 130 valence electrons. The third-order valence-electron chi connectivity index (χ3n) is 4.57. The molecule has 5 nitrogen and oxygen atoms in total. The number of carbonyl (C=O) groups is 1. The van der Waals surface area contributed by atoms with Crippen LogP contribution in [-0.4, -0.2) is 20.7 Å². The zero-order chi connectivity index (χ0) is 18.0. The van der Waals surface area contributed by atoms with E-state index < -0.39 is 0 Å². The lowest BCUT2D eigenvalue weighted by molar-refractivity contribution is -0.120. The van der Waals surface area contributed by atoms with E-state index >= 15 is 0 Å². The van der Waals surface area contributed by atoms with Crippen LogP contribution in [0.2, 0.25) is 0 Å². The molecule has 2 aromatic heterocycles. The molecule has 3 rings (SSSR count). The van der Waals surface area contributed by atoms with Gasteiger partial charge in [-0.2, -0.15) is 9.78 Å². The zero-order valence-electron chi connectivity index (χ0n) is 15.2. The molecule has 2 heterocycles.